The summed E-state index contributed by atoms with van der Waals surface area (Å²) >= 11 is 5.93. The highest BCUT2D eigenvalue weighted by molar-refractivity contribution is 6.30. The van der Waals surface area contributed by atoms with Gasteiger partial charge in [-0.2, -0.15) is 13.2 Å². The van der Waals surface area contributed by atoms with E-state index in [2.05, 4.69) is 4.90 Å². The van der Waals surface area contributed by atoms with E-state index < -0.39 is 17.8 Å². The van der Waals surface area contributed by atoms with Gasteiger partial charge in [-0.05, 0) is 66.2 Å². The second-order valence-electron chi connectivity index (χ2n) is 9.24. The van der Waals surface area contributed by atoms with Gasteiger partial charge in [0.05, 0.1) is 24.8 Å². The number of anilines is 1. The number of hydrogen-bond acceptors (Lipinski definition) is 4. The topological polar surface area (TPSA) is 45.2 Å². The summed E-state index contributed by atoms with van der Waals surface area (Å²) in [6.07, 6.45) is -4.47. The molecule has 0 spiro atoms. The summed E-state index contributed by atoms with van der Waals surface area (Å²) < 4.78 is 51.7. The smallest absolute Gasteiger partial charge is 0.416 e. The molecule has 2 fully saturated rings. The van der Waals surface area contributed by atoms with E-state index in [4.69, 9.17) is 21.1 Å². The molecule has 3 aromatic carbocycles. The number of urea groups is 1. The summed E-state index contributed by atoms with van der Waals surface area (Å²) in [5.74, 6) is 1.16. The number of carbonyl (C=O) groups is 1. The molecule has 2 saturated heterocycles. The zero-order valence-electron chi connectivity index (χ0n) is 20.5. The number of alkyl halides is 3. The fourth-order valence-electron chi connectivity index (χ4n) is 4.71. The Labute approximate surface area is 224 Å². The lowest BCUT2D eigenvalue weighted by Crippen LogP contribution is -2.42. The maximum Gasteiger partial charge on any atom is 0.416 e. The lowest BCUT2D eigenvalue weighted by Gasteiger charge is -2.28. The number of nitrogens with zero attached hydrogens (tertiary/aromatic N) is 3. The molecule has 3 aromatic rings. The molecule has 2 heterocycles. The first-order chi connectivity index (χ1) is 18.3. The van der Waals surface area contributed by atoms with Gasteiger partial charge in [-0.15, -0.1) is 0 Å². The molecule has 10 heteroatoms. The highest BCUT2D eigenvalue weighted by Crippen LogP contribution is 2.38. The predicted molar refractivity (Wildman–Crippen MR) is 139 cm³/mol. The van der Waals surface area contributed by atoms with Crippen LogP contribution in [-0.2, 0) is 10.9 Å². The molecule has 6 nitrogen and oxygen atoms in total. The molecule has 1 atom stereocenters. The molecule has 0 aromatic heterocycles. The minimum Gasteiger partial charge on any atom is -0.457 e. The molecule has 38 heavy (non-hydrogen) atoms. The molecule has 0 radical (unpaired) electrons. The average Bonchev–Trinajstić information content (AvgIpc) is 3.25. The lowest BCUT2D eigenvalue weighted by molar-refractivity contribution is -0.137. The van der Waals surface area contributed by atoms with Gasteiger partial charge < -0.3 is 14.4 Å². The van der Waals surface area contributed by atoms with E-state index in [1.165, 1.54) is 6.07 Å². The Morgan fingerprint density at radius 3 is 2.24 bits per heavy atom. The summed E-state index contributed by atoms with van der Waals surface area (Å²) in [6, 6.07) is 18.3. The van der Waals surface area contributed by atoms with Crippen molar-refractivity contribution < 1.29 is 27.4 Å². The number of rotatable bonds is 7. The van der Waals surface area contributed by atoms with Crippen LogP contribution >= 0.6 is 11.6 Å². The van der Waals surface area contributed by atoms with E-state index in [-0.39, 0.29) is 12.6 Å². The van der Waals surface area contributed by atoms with E-state index in [0.717, 1.165) is 25.2 Å². The number of hydrogen-bond donors (Lipinski definition) is 0. The highest BCUT2D eigenvalue weighted by Gasteiger charge is 2.40. The van der Waals surface area contributed by atoms with Crippen molar-refractivity contribution in [1.82, 2.24) is 9.80 Å². The molecule has 2 amide bonds. The third kappa shape index (κ3) is 6.06. The standard InChI is InChI=1S/C28H27ClF3N3O3/c29-22-4-8-24(9-5-22)38-25-10-6-23(7-11-25)35-26(20-2-1-3-21(18-20)28(30,31)32)19-34(27(35)36)13-12-33-14-16-37-17-15-33/h1-11,18,26H,12-17,19H2. The van der Waals surface area contributed by atoms with Gasteiger partial charge in [0.2, 0.25) is 0 Å². The molecule has 0 N–H and O–H groups in total. The van der Waals surface area contributed by atoms with Crippen molar-refractivity contribution in [3.63, 3.8) is 0 Å². The zero-order valence-corrected chi connectivity index (χ0v) is 21.3. The molecule has 0 saturated carbocycles. The number of carbonyl (C=O) groups excluding carboxylic acids is 1. The van der Waals surface area contributed by atoms with Gasteiger partial charge in [0.15, 0.2) is 0 Å². The van der Waals surface area contributed by atoms with Gasteiger partial charge in [0.25, 0.3) is 0 Å². The van der Waals surface area contributed by atoms with Crippen molar-refractivity contribution in [3.05, 3.63) is 88.9 Å². The molecule has 0 bridgehead atoms. The first-order valence-electron chi connectivity index (χ1n) is 12.4. The van der Waals surface area contributed by atoms with Gasteiger partial charge >= 0.3 is 12.2 Å². The van der Waals surface area contributed by atoms with Crippen LogP contribution in [0.25, 0.3) is 0 Å². The maximum atomic E-state index is 13.6. The summed E-state index contributed by atoms with van der Waals surface area (Å²) in [4.78, 5) is 19.1. The van der Waals surface area contributed by atoms with Crippen LogP contribution in [-0.4, -0.2) is 61.8 Å². The van der Waals surface area contributed by atoms with E-state index in [1.54, 1.807) is 64.4 Å². The first kappa shape index (κ1) is 26.3. The normalized spacial score (nSPS) is 18.7. The molecule has 2 aliphatic rings. The van der Waals surface area contributed by atoms with E-state index in [9.17, 15) is 18.0 Å². The van der Waals surface area contributed by atoms with Crippen LogP contribution in [0.1, 0.15) is 17.2 Å². The Kier molecular flexibility index (Phi) is 7.78. The Morgan fingerprint density at radius 1 is 0.921 bits per heavy atom. The lowest BCUT2D eigenvalue weighted by atomic mass is 10.0. The van der Waals surface area contributed by atoms with Crippen molar-refractivity contribution >= 4 is 23.3 Å². The van der Waals surface area contributed by atoms with Crippen molar-refractivity contribution in [1.29, 1.82) is 0 Å². The van der Waals surface area contributed by atoms with Crippen molar-refractivity contribution in [2.75, 3.05) is 50.8 Å². The number of benzene rings is 3. The molecule has 200 valence electrons. The second kappa shape index (κ2) is 11.2. The molecule has 1 unspecified atom stereocenters. The van der Waals surface area contributed by atoms with E-state index >= 15 is 0 Å². The van der Waals surface area contributed by atoms with Crippen LogP contribution in [0.2, 0.25) is 5.02 Å². The van der Waals surface area contributed by atoms with Crippen LogP contribution in [0, 0.1) is 0 Å². The molecule has 0 aliphatic carbocycles. The van der Waals surface area contributed by atoms with Gasteiger partial charge in [0.1, 0.15) is 11.5 Å². The molecule has 5 rings (SSSR count). The quantitative estimate of drug-likeness (QED) is 0.341. The van der Waals surface area contributed by atoms with Gasteiger partial charge in [-0.25, -0.2) is 4.79 Å². The third-order valence-electron chi connectivity index (χ3n) is 6.73. The summed E-state index contributed by atoms with van der Waals surface area (Å²) in [6.45, 7) is 4.31. The van der Waals surface area contributed by atoms with Crippen LogP contribution in [0.3, 0.4) is 0 Å². The fraction of sp³-hybridized carbons (Fsp3) is 0.321. The highest BCUT2D eigenvalue weighted by atomic mass is 35.5. The SMILES string of the molecule is O=C1N(CCN2CCOCC2)CC(c2cccc(C(F)(F)F)c2)N1c1ccc(Oc2ccc(Cl)cc2)cc1. The maximum absolute atomic E-state index is 13.6. The monoisotopic (exact) mass is 545 g/mol. The summed E-state index contributed by atoms with van der Waals surface area (Å²) in [7, 11) is 0. The predicted octanol–water partition coefficient (Wildman–Crippen LogP) is 6.47. The fourth-order valence-corrected chi connectivity index (χ4v) is 4.83. The zero-order chi connectivity index (χ0) is 26.7. The summed E-state index contributed by atoms with van der Waals surface area (Å²) in [5, 5.41) is 0.596. The summed E-state index contributed by atoms with van der Waals surface area (Å²) in [5.41, 5.74) is 0.277. The number of morpholine rings is 1. The van der Waals surface area contributed by atoms with Crippen molar-refractivity contribution in [2.45, 2.75) is 12.2 Å². The molecular weight excluding hydrogens is 519 g/mol. The van der Waals surface area contributed by atoms with Gasteiger partial charge in [-0.1, -0.05) is 23.7 Å². The minimum atomic E-state index is -4.47. The van der Waals surface area contributed by atoms with Gasteiger partial charge in [-0.3, -0.25) is 9.80 Å². The Hall–Kier alpha value is -3.27. The van der Waals surface area contributed by atoms with Crippen LogP contribution in [0.4, 0.5) is 23.7 Å². The minimum absolute atomic E-state index is 0.243. The van der Waals surface area contributed by atoms with Crippen molar-refractivity contribution in [3.8, 4) is 11.5 Å². The van der Waals surface area contributed by atoms with Gasteiger partial charge in [0, 0.05) is 43.4 Å². The first-order valence-corrected chi connectivity index (χ1v) is 12.7. The van der Waals surface area contributed by atoms with Crippen LogP contribution in [0.15, 0.2) is 72.8 Å². The van der Waals surface area contributed by atoms with Crippen LogP contribution in [0.5, 0.6) is 11.5 Å². The molecular formula is C28H27ClF3N3O3. The number of halogens is 4. The third-order valence-corrected chi connectivity index (χ3v) is 6.99. The van der Waals surface area contributed by atoms with Crippen molar-refractivity contribution in [2.24, 2.45) is 0 Å². The Balaban J connectivity index is 1.39. The molecule has 2 aliphatic heterocycles. The van der Waals surface area contributed by atoms with E-state index in [1.807, 2.05) is 0 Å². The Bertz CT molecular complexity index is 1250. The largest absolute Gasteiger partial charge is 0.457 e. The number of ether oxygens (including phenoxy) is 2. The Morgan fingerprint density at radius 2 is 1.58 bits per heavy atom. The second-order valence-corrected chi connectivity index (χ2v) is 9.68. The average molecular weight is 546 g/mol. The van der Waals surface area contributed by atoms with Crippen LogP contribution < -0.4 is 9.64 Å². The van der Waals surface area contributed by atoms with E-state index in [0.29, 0.717) is 54.1 Å². The number of amides is 2.